The molecule has 0 spiro atoms. The third kappa shape index (κ3) is 4.24. The zero-order chi connectivity index (χ0) is 8.15. The van der Waals surface area contributed by atoms with Crippen LogP contribution in [0.1, 0.15) is 13.8 Å². The predicted molar refractivity (Wildman–Crippen MR) is 45.7 cm³/mol. The molecule has 0 unspecified atom stereocenters. The minimum atomic E-state index is 0.580. The van der Waals surface area contributed by atoms with Crippen LogP contribution in [0, 0.1) is 0 Å². The Bertz CT molecular complexity index is 106. The first-order valence-electron chi connectivity index (χ1n) is 3.60. The summed E-state index contributed by atoms with van der Waals surface area (Å²) in [5.74, 6) is 0. The normalized spacial score (nSPS) is 11.0. The van der Waals surface area contributed by atoms with Gasteiger partial charge in [-0.15, -0.1) is 0 Å². The number of hydrogen-bond acceptors (Lipinski definition) is 2. The van der Waals surface area contributed by atoms with Gasteiger partial charge in [-0.25, -0.2) is 0 Å². The Morgan fingerprint density at radius 3 is 1.80 bits per heavy atom. The molecular formula is C8H18N2. The lowest BCUT2D eigenvalue weighted by molar-refractivity contribution is 0.367. The third-order valence-corrected chi connectivity index (χ3v) is 1.41. The Kier molecular flexibility index (Phi) is 3.93. The highest BCUT2D eigenvalue weighted by Crippen LogP contribution is 1.93. The number of rotatable bonds is 3. The van der Waals surface area contributed by atoms with E-state index < -0.39 is 0 Å². The van der Waals surface area contributed by atoms with E-state index >= 15 is 0 Å². The molecule has 0 amide bonds. The van der Waals surface area contributed by atoms with Crippen molar-refractivity contribution in [1.82, 2.24) is 9.80 Å². The maximum Gasteiger partial charge on any atom is 0.0225 e. The van der Waals surface area contributed by atoms with E-state index in [1.165, 1.54) is 0 Å². The Labute approximate surface area is 64.1 Å². The van der Waals surface area contributed by atoms with E-state index in [4.69, 9.17) is 0 Å². The van der Waals surface area contributed by atoms with Gasteiger partial charge in [0.1, 0.15) is 0 Å². The van der Waals surface area contributed by atoms with Gasteiger partial charge in [0.05, 0.1) is 0 Å². The summed E-state index contributed by atoms with van der Waals surface area (Å²) in [6.07, 6.45) is 4.12. The highest BCUT2D eigenvalue weighted by Gasteiger charge is 1.94. The van der Waals surface area contributed by atoms with Gasteiger partial charge in [0.2, 0.25) is 0 Å². The Morgan fingerprint density at radius 2 is 1.50 bits per heavy atom. The average molecular weight is 142 g/mol. The van der Waals surface area contributed by atoms with Crippen LogP contribution in [0.4, 0.5) is 0 Å². The summed E-state index contributed by atoms with van der Waals surface area (Å²) in [5.41, 5.74) is 0. The topological polar surface area (TPSA) is 6.48 Å². The fourth-order valence-electron chi connectivity index (χ4n) is 0.411. The van der Waals surface area contributed by atoms with Gasteiger partial charge in [0, 0.05) is 39.6 Å². The van der Waals surface area contributed by atoms with Crippen LogP contribution < -0.4 is 0 Å². The van der Waals surface area contributed by atoms with Crippen molar-refractivity contribution in [3.8, 4) is 0 Å². The molecule has 60 valence electrons. The molecule has 0 bridgehead atoms. The van der Waals surface area contributed by atoms with Crippen molar-refractivity contribution in [2.24, 2.45) is 0 Å². The second-order valence-corrected chi connectivity index (χ2v) is 3.02. The van der Waals surface area contributed by atoms with Gasteiger partial charge in [-0.2, -0.15) is 0 Å². The Morgan fingerprint density at radius 1 is 1.00 bits per heavy atom. The van der Waals surface area contributed by atoms with Crippen molar-refractivity contribution in [2.75, 3.05) is 21.1 Å². The van der Waals surface area contributed by atoms with Gasteiger partial charge in [-0.3, -0.25) is 0 Å². The molecule has 0 aromatic carbocycles. The largest absolute Gasteiger partial charge is 0.382 e. The SMILES string of the molecule is CC(C)N(C)/C=C\N(C)C. The molecule has 0 fully saturated rings. The van der Waals surface area contributed by atoms with Crippen LogP contribution in [0.25, 0.3) is 0 Å². The van der Waals surface area contributed by atoms with E-state index in [0.717, 1.165) is 0 Å². The van der Waals surface area contributed by atoms with Crippen LogP contribution in [0.3, 0.4) is 0 Å². The third-order valence-electron chi connectivity index (χ3n) is 1.41. The Balaban J connectivity index is 3.66. The van der Waals surface area contributed by atoms with Crippen LogP contribution in [-0.2, 0) is 0 Å². The van der Waals surface area contributed by atoms with E-state index in [1.807, 2.05) is 25.2 Å². The fraction of sp³-hybridized carbons (Fsp3) is 0.750. The molecule has 0 aromatic heterocycles. The second kappa shape index (κ2) is 4.20. The van der Waals surface area contributed by atoms with Crippen molar-refractivity contribution >= 4 is 0 Å². The molecule has 0 N–H and O–H groups in total. The van der Waals surface area contributed by atoms with Crippen LogP contribution in [0.2, 0.25) is 0 Å². The van der Waals surface area contributed by atoms with Gasteiger partial charge in [0.25, 0.3) is 0 Å². The van der Waals surface area contributed by atoms with Crippen molar-refractivity contribution in [1.29, 1.82) is 0 Å². The molecule has 0 aliphatic heterocycles. The first-order chi connectivity index (χ1) is 4.54. The van der Waals surface area contributed by atoms with Crippen molar-refractivity contribution in [2.45, 2.75) is 19.9 Å². The molecule has 0 aliphatic carbocycles. The lowest BCUT2D eigenvalue weighted by Gasteiger charge is -2.19. The van der Waals surface area contributed by atoms with Gasteiger partial charge in [0.15, 0.2) is 0 Å². The van der Waals surface area contributed by atoms with E-state index in [-0.39, 0.29) is 0 Å². The molecule has 0 saturated heterocycles. The first kappa shape index (κ1) is 9.34. The summed E-state index contributed by atoms with van der Waals surface area (Å²) in [6.45, 7) is 4.33. The summed E-state index contributed by atoms with van der Waals surface area (Å²) < 4.78 is 0. The van der Waals surface area contributed by atoms with Gasteiger partial charge in [-0.05, 0) is 13.8 Å². The second-order valence-electron chi connectivity index (χ2n) is 3.02. The maximum absolute atomic E-state index is 2.17. The van der Waals surface area contributed by atoms with Crippen molar-refractivity contribution in [3.63, 3.8) is 0 Å². The molecule has 0 rings (SSSR count). The molecular weight excluding hydrogens is 124 g/mol. The minimum absolute atomic E-state index is 0.580. The lowest BCUT2D eigenvalue weighted by Crippen LogP contribution is -2.20. The molecule has 0 saturated carbocycles. The highest BCUT2D eigenvalue weighted by molar-refractivity contribution is 4.79. The molecule has 2 heteroatoms. The fourth-order valence-corrected chi connectivity index (χ4v) is 0.411. The van der Waals surface area contributed by atoms with Gasteiger partial charge in [-0.1, -0.05) is 0 Å². The summed E-state index contributed by atoms with van der Waals surface area (Å²) in [6, 6.07) is 0.580. The predicted octanol–water partition coefficient (Wildman–Crippen LogP) is 1.36. The summed E-state index contributed by atoms with van der Waals surface area (Å²) in [7, 11) is 6.11. The van der Waals surface area contributed by atoms with Crippen molar-refractivity contribution < 1.29 is 0 Å². The van der Waals surface area contributed by atoms with Crippen LogP contribution in [0.15, 0.2) is 12.4 Å². The van der Waals surface area contributed by atoms with Gasteiger partial charge < -0.3 is 9.80 Å². The molecule has 0 aliphatic rings. The van der Waals surface area contributed by atoms with E-state index in [9.17, 15) is 0 Å². The lowest BCUT2D eigenvalue weighted by atomic mass is 10.4. The maximum atomic E-state index is 2.17. The first-order valence-corrected chi connectivity index (χ1v) is 3.60. The summed E-state index contributed by atoms with van der Waals surface area (Å²) in [5, 5.41) is 0. The molecule has 0 radical (unpaired) electrons. The quantitative estimate of drug-likeness (QED) is 0.587. The average Bonchev–Trinajstić information content (AvgIpc) is 1.82. The number of hydrogen-bond donors (Lipinski definition) is 0. The van der Waals surface area contributed by atoms with Crippen LogP contribution >= 0.6 is 0 Å². The molecule has 0 atom stereocenters. The van der Waals surface area contributed by atoms with Crippen molar-refractivity contribution in [3.05, 3.63) is 12.4 Å². The van der Waals surface area contributed by atoms with E-state index in [1.54, 1.807) is 0 Å². The zero-order valence-corrected chi connectivity index (χ0v) is 7.63. The highest BCUT2D eigenvalue weighted by atomic mass is 15.1. The number of nitrogens with zero attached hydrogens (tertiary/aromatic N) is 2. The Hall–Kier alpha value is -0.660. The minimum Gasteiger partial charge on any atom is -0.382 e. The van der Waals surface area contributed by atoms with Crippen LogP contribution in [-0.4, -0.2) is 37.0 Å². The smallest absolute Gasteiger partial charge is 0.0225 e. The zero-order valence-electron chi connectivity index (χ0n) is 7.63. The molecule has 10 heavy (non-hydrogen) atoms. The van der Waals surface area contributed by atoms with Gasteiger partial charge >= 0.3 is 0 Å². The van der Waals surface area contributed by atoms with Crippen LogP contribution in [0.5, 0.6) is 0 Å². The molecule has 0 aromatic rings. The summed E-state index contributed by atoms with van der Waals surface area (Å²) in [4.78, 5) is 4.19. The standard InChI is InChI=1S/C8H18N2/c1-8(2)10(5)7-6-9(3)4/h6-8H,1-5H3/b7-6-. The summed E-state index contributed by atoms with van der Waals surface area (Å²) >= 11 is 0. The molecule has 0 heterocycles. The van der Waals surface area contributed by atoms with E-state index in [0.29, 0.717) is 6.04 Å². The monoisotopic (exact) mass is 142 g/mol. The van der Waals surface area contributed by atoms with E-state index in [2.05, 4.69) is 32.0 Å². The molecule has 2 nitrogen and oxygen atoms in total.